The Morgan fingerprint density at radius 2 is 1.77 bits per heavy atom. The molecular weight excluding hydrogens is 168 g/mol. The number of aromatic nitrogens is 2. The highest BCUT2D eigenvalue weighted by Crippen LogP contribution is 1.83. The summed E-state index contributed by atoms with van der Waals surface area (Å²) in [7, 11) is 6.90. The van der Waals surface area contributed by atoms with E-state index in [1.807, 2.05) is 0 Å². The molecule has 0 saturated carbocycles. The van der Waals surface area contributed by atoms with Crippen molar-refractivity contribution >= 4 is 6.03 Å². The third-order valence-corrected chi connectivity index (χ3v) is 1.17. The van der Waals surface area contributed by atoms with Crippen molar-refractivity contribution in [2.24, 2.45) is 0 Å². The molecule has 2 amide bonds. The molecule has 1 aromatic heterocycles. The number of imidazole rings is 1. The van der Waals surface area contributed by atoms with Crippen LogP contribution in [0.5, 0.6) is 0 Å². The molecule has 5 heteroatoms. The molecule has 0 bridgehead atoms. The van der Waals surface area contributed by atoms with E-state index >= 15 is 0 Å². The fourth-order valence-electron chi connectivity index (χ4n) is 0.615. The van der Waals surface area contributed by atoms with E-state index < -0.39 is 0 Å². The molecule has 1 N–H and O–H groups in total. The van der Waals surface area contributed by atoms with Gasteiger partial charge in [0.2, 0.25) is 0 Å². The van der Waals surface area contributed by atoms with Gasteiger partial charge >= 0.3 is 6.03 Å². The van der Waals surface area contributed by atoms with E-state index in [4.69, 9.17) is 0 Å². The molecule has 1 aromatic rings. The number of aromatic amines is 1. The Morgan fingerprint density at radius 1 is 1.23 bits per heavy atom. The Labute approximate surface area is 78.4 Å². The minimum Gasteiger partial charge on any atom is -0.351 e. The zero-order valence-electron chi connectivity index (χ0n) is 8.48. The number of carbonyl (C=O) groups is 1. The smallest absolute Gasteiger partial charge is 0.318 e. The first kappa shape index (κ1) is 11.5. The maximum atomic E-state index is 10.7. The first-order valence-electron chi connectivity index (χ1n) is 3.87. The molecule has 74 valence electrons. The monoisotopic (exact) mass is 184 g/mol. The molecular formula is C8H16N4O. The van der Waals surface area contributed by atoms with E-state index in [-0.39, 0.29) is 6.03 Å². The summed E-state index contributed by atoms with van der Waals surface area (Å²) in [5, 5.41) is 0. The number of hydrogen-bond acceptors (Lipinski definition) is 2. The van der Waals surface area contributed by atoms with Crippen LogP contribution in [0, 0.1) is 0 Å². The van der Waals surface area contributed by atoms with Gasteiger partial charge in [0.05, 0.1) is 6.33 Å². The lowest BCUT2D eigenvalue weighted by molar-refractivity contribution is 0.191. The fraction of sp³-hybridized carbons (Fsp3) is 0.500. The average molecular weight is 184 g/mol. The summed E-state index contributed by atoms with van der Waals surface area (Å²) in [6.07, 6.45) is 5.08. The predicted octanol–water partition coefficient (Wildman–Crippen LogP) is 0.639. The summed E-state index contributed by atoms with van der Waals surface area (Å²) in [4.78, 5) is 20.2. The summed E-state index contributed by atoms with van der Waals surface area (Å²) in [5.74, 6) is 0. The van der Waals surface area contributed by atoms with Gasteiger partial charge in [-0.2, -0.15) is 0 Å². The predicted molar refractivity (Wildman–Crippen MR) is 51.4 cm³/mol. The van der Waals surface area contributed by atoms with E-state index in [2.05, 4.69) is 9.97 Å². The number of amides is 2. The van der Waals surface area contributed by atoms with Gasteiger partial charge in [-0.25, -0.2) is 9.78 Å². The topological polar surface area (TPSA) is 52.2 Å². The summed E-state index contributed by atoms with van der Waals surface area (Å²) in [6.45, 7) is 0. The highest BCUT2D eigenvalue weighted by molar-refractivity contribution is 5.72. The van der Waals surface area contributed by atoms with Gasteiger partial charge in [-0.15, -0.1) is 0 Å². The van der Waals surface area contributed by atoms with Crippen LogP contribution in [-0.2, 0) is 0 Å². The van der Waals surface area contributed by atoms with Crippen molar-refractivity contribution in [1.29, 1.82) is 0 Å². The normalized spacial score (nSPS) is 8.31. The van der Waals surface area contributed by atoms with Crippen LogP contribution in [0.2, 0.25) is 0 Å². The van der Waals surface area contributed by atoms with Gasteiger partial charge in [0.1, 0.15) is 0 Å². The van der Waals surface area contributed by atoms with E-state index in [1.165, 1.54) is 9.80 Å². The van der Waals surface area contributed by atoms with Crippen molar-refractivity contribution in [3.8, 4) is 0 Å². The van der Waals surface area contributed by atoms with Gasteiger partial charge in [0.25, 0.3) is 0 Å². The minimum absolute atomic E-state index is 0.0185. The highest BCUT2D eigenvalue weighted by Gasteiger charge is 2.02. The van der Waals surface area contributed by atoms with Gasteiger partial charge in [0, 0.05) is 40.6 Å². The number of urea groups is 1. The van der Waals surface area contributed by atoms with Crippen molar-refractivity contribution in [3.63, 3.8) is 0 Å². The van der Waals surface area contributed by atoms with E-state index in [1.54, 1.807) is 46.9 Å². The Bertz CT molecular complexity index is 191. The molecule has 0 atom stereocenters. The molecule has 13 heavy (non-hydrogen) atoms. The second-order valence-corrected chi connectivity index (χ2v) is 2.83. The van der Waals surface area contributed by atoms with Crippen molar-refractivity contribution in [2.75, 3.05) is 28.2 Å². The Balaban J connectivity index is 0.000000243. The maximum Gasteiger partial charge on any atom is 0.318 e. The number of carbonyl (C=O) groups excluding carboxylic acids is 1. The number of rotatable bonds is 0. The molecule has 0 unspecified atom stereocenters. The zero-order chi connectivity index (χ0) is 10.3. The summed E-state index contributed by atoms with van der Waals surface area (Å²) in [6, 6.07) is 0.0185. The van der Waals surface area contributed by atoms with Crippen molar-refractivity contribution in [3.05, 3.63) is 18.7 Å². The van der Waals surface area contributed by atoms with Crippen LogP contribution < -0.4 is 0 Å². The van der Waals surface area contributed by atoms with Gasteiger partial charge in [0.15, 0.2) is 0 Å². The molecule has 0 aliphatic rings. The van der Waals surface area contributed by atoms with Crippen molar-refractivity contribution in [2.45, 2.75) is 0 Å². The second kappa shape index (κ2) is 6.05. The van der Waals surface area contributed by atoms with Crippen molar-refractivity contribution in [1.82, 2.24) is 19.8 Å². The molecule has 0 saturated heterocycles. The minimum atomic E-state index is 0.0185. The first-order chi connectivity index (χ1) is 6.05. The molecule has 0 radical (unpaired) electrons. The largest absolute Gasteiger partial charge is 0.351 e. The molecule has 0 aliphatic carbocycles. The number of nitrogens with zero attached hydrogens (tertiary/aromatic N) is 3. The number of H-pyrrole nitrogens is 1. The van der Waals surface area contributed by atoms with Crippen LogP contribution in [0.3, 0.4) is 0 Å². The quantitative estimate of drug-likeness (QED) is 0.643. The standard InChI is InChI=1S/C5H12N2O.C3H4N2/c1-6(2)5(8)7(3)4;1-2-5-3-4-1/h1-4H3;1-3H,(H,4,5). The highest BCUT2D eigenvalue weighted by atomic mass is 16.2. The van der Waals surface area contributed by atoms with E-state index in [0.717, 1.165) is 0 Å². The van der Waals surface area contributed by atoms with Crippen molar-refractivity contribution < 1.29 is 4.79 Å². The molecule has 0 spiro atoms. The second-order valence-electron chi connectivity index (χ2n) is 2.83. The fourth-order valence-corrected chi connectivity index (χ4v) is 0.615. The maximum absolute atomic E-state index is 10.7. The third kappa shape index (κ3) is 5.72. The summed E-state index contributed by atoms with van der Waals surface area (Å²) < 4.78 is 0. The molecule has 5 nitrogen and oxygen atoms in total. The summed E-state index contributed by atoms with van der Waals surface area (Å²) in [5.41, 5.74) is 0. The van der Waals surface area contributed by atoms with Crippen LogP contribution in [0.25, 0.3) is 0 Å². The summed E-state index contributed by atoms with van der Waals surface area (Å²) >= 11 is 0. The number of nitrogens with one attached hydrogen (secondary N) is 1. The number of hydrogen-bond donors (Lipinski definition) is 1. The lowest BCUT2D eigenvalue weighted by Crippen LogP contribution is -2.33. The first-order valence-corrected chi connectivity index (χ1v) is 3.87. The molecule has 1 rings (SSSR count). The van der Waals surface area contributed by atoms with Crippen LogP contribution in [0.15, 0.2) is 18.7 Å². The molecule has 0 fully saturated rings. The van der Waals surface area contributed by atoms with Gasteiger partial charge in [-0.1, -0.05) is 0 Å². The average Bonchev–Trinajstić information content (AvgIpc) is 2.59. The molecule has 1 heterocycles. The van der Waals surface area contributed by atoms with E-state index in [0.29, 0.717) is 0 Å². The lowest BCUT2D eigenvalue weighted by atomic mass is 10.7. The van der Waals surface area contributed by atoms with Gasteiger partial charge in [-0.3, -0.25) is 0 Å². The van der Waals surface area contributed by atoms with E-state index in [9.17, 15) is 4.79 Å². The Hall–Kier alpha value is -1.52. The SMILES string of the molecule is CN(C)C(=O)N(C)C.c1c[nH]cn1. The van der Waals surface area contributed by atoms with Crippen LogP contribution in [0.4, 0.5) is 4.79 Å². The lowest BCUT2D eigenvalue weighted by Gasteiger charge is -2.16. The van der Waals surface area contributed by atoms with Crippen LogP contribution >= 0.6 is 0 Å². The van der Waals surface area contributed by atoms with Crippen LogP contribution in [0.1, 0.15) is 0 Å². The molecule has 0 aliphatic heterocycles. The van der Waals surface area contributed by atoms with Gasteiger partial charge in [-0.05, 0) is 0 Å². The Morgan fingerprint density at radius 3 is 1.85 bits per heavy atom. The zero-order valence-corrected chi connectivity index (χ0v) is 8.48. The van der Waals surface area contributed by atoms with Gasteiger partial charge < -0.3 is 14.8 Å². The Kier molecular flexibility index (Phi) is 5.34. The van der Waals surface area contributed by atoms with Crippen LogP contribution in [-0.4, -0.2) is 54.0 Å². The third-order valence-electron chi connectivity index (χ3n) is 1.17. The molecule has 0 aromatic carbocycles.